The summed E-state index contributed by atoms with van der Waals surface area (Å²) in [6.07, 6.45) is 0.949. The minimum Gasteiger partial charge on any atom is -0.423 e. The average molecular weight is 394 g/mol. The van der Waals surface area contributed by atoms with Crippen LogP contribution in [0.25, 0.3) is 11.0 Å². The van der Waals surface area contributed by atoms with Gasteiger partial charge in [0.1, 0.15) is 12.1 Å². The molecule has 152 valence electrons. The maximum atomic E-state index is 12.7. The van der Waals surface area contributed by atoms with E-state index in [0.29, 0.717) is 18.7 Å². The van der Waals surface area contributed by atoms with E-state index < -0.39 is 0 Å². The van der Waals surface area contributed by atoms with Crippen molar-refractivity contribution in [2.45, 2.75) is 40.7 Å². The third-order valence-corrected chi connectivity index (χ3v) is 5.32. The second-order valence-corrected chi connectivity index (χ2v) is 7.74. The van der Waals surface area contributed by atoms with Gasteiger partial charge in [-0.25, -0.2) is 4.79 Å². The van der Waals surface area contributed by atoms with Crippen LogP contribution in [0.4, 0.5) is 5.69 Å². The Balaban J connectivity index is 1.83. The summed E-state index contributed by atoms with van der Waals surface area (Å²) in [5, 5.41) is 3.95. The fraction of sp³-hybridized carbons (Fsp3) is 0.333. The number of hydrogen-bond acceptors (Lipinski definition) is 3. The monoisotopic (exact) mass is 393 g/mol. The number of carbonyl (C=O) groups is 1. The molecule has 2 aromatic carbocycles. The van der Waals surface area contributed by atoms with Crippen molar-refractivity contribution in [3.63, 3.8) is 0 Å². The molecule has 2 N–H and O–H groups in total. The van der Waals surface area contributed by atoms with Crippen molar-refractivity contribution >= 4 is 22.6 Å². The third-order valence-electron chi connectivity index (χ3n) is 5.32. The molecule has 0 aliphatic rings. The number of fused-ring (bicyclic) bond motifs is 1. The van der Waals surface area contributed by atoms with E-state index in [1.165, 1.54) is 0 Å². The van der Waals surface area contributed by atoms with Gasteiger partial charge in [0.05, 0.1) is 6.54 Å². The summed E-state index contributed by atoms with van der Waals surface area (Å²) in [5.74, 6) is -0.0259. The second kappa shape index (κ2) is 9.05. The Morgan fingerprint density at radius 2 is 1.76 bits per heavy atom. The number of anilines is 1. The van der Waals surface area contributed by atoms with Crippen molar-refractivity contribution in [2.75, 3.05) is 18.4 Å². The lowest BCUT2D eigenvalue weighted by atomic mass is 10.0. The van der Waals surface area contributed by atoms with Gasteiger partial charge in [0, 0.05) is 22.7 Å². The SMILES string of the molecule is CCC[NH+](CC(=O)Nc1ccccc1C)Cc1cc(=O)oc2cc(C)c(C)cc12. The highest BCUT2D eigenvalue weighted by Gasteiger charge is 2.18. The first-order valence-corrected chi connectivity index (χ1v) is 10.1. The molecule has 0 spiro atoms. The highest BCUT2D eigenvalue weighted by molar-refractivity contribution is 5.92. The minimum atomic E-state index is -0.351. The average Bonchev–Trinajstić information content (AvgIpc) is 2.65. The normalized spacial score (nSPS) is 12.1. The number of nitrogens with one attached hydrogen (secondary N) is 2. The number of para-hydroxylation sites is 1. The third kappa shape index (κ3) is 5.12. The Morgan fingerprint density at radius 1 is 1.03 bits per heavy atom. The van der Waals surface area contributed by atoms with Crippen molar-refractivity contribution in [1.82, 2.24) is 0 Å². The lowest BCUT2D eigenvalue weighted by molar-refractivity contribution is -0.905. The van der Waals surface area contributed by atoms with Gasteiger partial charge in [-0.05, 0) is 62.1 Å². The largest absolute Gasteiger partial charge is 0.423 e. The Labute approximate surface area is 171 Å². The molecule has 3 rings (SSSR count). The zero-order valence-electron chi connectivity index (χ0n) is 17.6. The number of hydrogen-bond donors (Lipinski definition) is 2. The molecule has 0 aliphatic heterocycles. The van der Waals surface area contributed by atoms with Gasteiger partial charge in [-0.1, -0.05) is 25.1 Å². The van der Waals surface area contributed by atoms with Gasteiger partial charge in [0.2, 0.25) is 0 Å². The first-order chi connectivity index (χ1) is 13.9. The summed E-state index contributed by atoms with van der Waals surface area (Å²) >= 11 is 0. The van der Waals surface area contributed by atoms with Gasteiger partial charge >= 0.3 is 5.63 Å². The maximum absolute atomic E-state index is 12.7. The number of aryl methyl sites for hydroxylation is 3. The summed E-state index contributed by atoms with van der Waals surface area (Å²) in [5.41, 5.74) is 5.30. The number of quaternary nitrogens is 1. The van der Waals surface area contributed by atoms with Crippen LogP contribution in [0.15, 0.2) is 51.7 Å². The molecule has 1 amide bonds. The highest BCUT2D eigenvalue weighted by atomic mass is 16.4. The number of rotatable bonds is 7. The molecular weight excluding hydrogens is 364 g/mol. The van der Waals surface area contributed by atoms with E-state index >= 15 is 0 Å². The number of amides is 1. The maximum Gasteiger partial charge on any atom is 0.336 e. The first-order valence-electron chi connectivity index (χ1n) is 10.1. The Bertz CT molecular complexity index is 1090. The lowest BCUT2D eigenvalue weighted by Crippen LogP contribution is -3.11. The molecule has 0 fully saturated rings. The molecule has 5 heteroatoms. The van der Waals surface area contributed by atoms with Crippen LogP contribution in [0, 0.1) is 20.8 Å². The second-order valence-electron chi connectivity index (χ2n) is 7.74. The van der Waals surface area contributed by atoms with E-state index in [4.69, 9.17) is 4.42 Å². The Hall–Kier alpha value is -2.92. The molecule has 0 bridgehead atoms. The molecule has 1 aromatic heterocycles. The van der Waals surface area contributed by atoms with Crippen molar-refractivity contribution in [1.29, 1.82) is 0 Å². The van der Waals surface area contributed by atoms with Crippen LogP contribution in [-0.4, -0.2) is 19.0 Å². The molecule has 29 heavy (non-hydrogen) atoms. The van der Waals surface area contributed by atoms with Crippen LogP contribution in [0.2, 0.25) is 0 Å². The molecule has 1 heterocycles. The van der Waals surface area contributed by atoms with Crippen molar-refractivity contribution < 1.29 is 14.1 Å². The molecular formula is C24H29N2O3+. The van der Waals surface area contributed by atoms with Crippen LogP contribution >= 0.6 is 0 Å². The first kappa shape index (κ1) is 20.8. The van der Waals surface area contributed by atoms with Crippen molar-refractivity contribution in [3.05, 3.63) is 75.1 Å². The van der Waals surface area contributed by atoms with Gasteiger partial charge in [-0.3, -0.25) is 4.79 Å². The van der Waals surface area contributed by atoms with Crippen LogP contribution in [0.1, 0.15) is 35.6 Å². The molecule has 1 atom stereocenters. The van der Waals surface area contributed by atoms with Gasteiger partial charge in [-0.15, -0.1) is 0 Å². The molecule has 3 aromatic rings. The molecule has 0 aliphatic carbocycles. The van der Waals surface area contributed by atoms with Crippen molar-refractivity contribution in [3.8, 4) is 0 Å². The zero-order chi connectivity index (χ0) is 21.0. The van der Waals surface area contributed by atoms with E-state index in [1.807, 2.05) is 44.2 Å². The fourth-order valence-electron chi connectivity index (χ4n) is 3.63. The Kier molecular flexibility index (Phi) is 6.49. The van der Waals surface area contributed by atoms with Crippen LogP contribution < -0.4 is 15.8 Å². The number of benzene rings is 2. The summed E-state index contributed by atoms with van der Waals surface area (Å²) in [4.78, 5) is 25.9. The van der Waals surface area contributed by atoms with E-state index in [2.05, 4.69) is 25.2 Å². The Morgan fingerprint density at radius 3 is 2.48 bits per heavy atom. The fourth-order valence-corrected chi connectivity index (χ4v) is 3.63. The molecule has 0 saturated heterocycles. The molecule has 1 unspecified atom stereocenters. The summed E-state index contributed by atoms with van der Waals surface area (Å²) in [6.45, 7) is 9.92. The summed E-state index contributed by atoms with van der Waals surface area (Å²) in [7, 11) is 0. The van der Waals surface area contributed by atoms with Crippen LogP contribution in [-0.2, 0) is 11.3 Å². The summed E-state index contributed by atoms with van der Waals surface area (Å²) in [6, 6.07) is 13.3. The molecule has 5 nitrogen and oxygen atoms in total. The lowest BCUT2D eigenvalue weighted by Gasteiger charge is -2.20. The van der Waals surface area contributed by atoms with Gasteiger partial charge < -0.3 is 14.6 Å². The highest BCUT2D eigenvalue weighted by Crippen LogP contribution is 2.21. The predicted octanol–water partition coefficient (Wildman–Crippen LogP) is 3.15. The van der Waals surface area contributed by atoms with E-state index in [1.54, 1.807) is 6.07 Å². The van der Waals surface area contributed by atoms with Crippen LogP contribution in [0.5, 0.6) is 0 Å². The number of carbonyl (C=O) groups excluding carboxylic acids is 1. The standard InChI is InChI=1S/C24H28N2O3/c1-5-10-26(15-23(27)25-21-9-7-6-8-16(21)2)14-19-13-24(28)29-22-12-18(4)17(3)11-20(19)22/h6-9,11-13H,5,10,14-15H2,1-4H3,(H,25,27)/p+1. The van der Waals surface area contributed by atoms with Gasteiger partial charge in [0.15, 0.2) is 6.54 Å². The van der Waals surface area contributed by atoms with E-state index in [-0.39, 0.29) is 11.5 Å². The molecule has 0 radical (unpaired) electrons. The summed E-state index contributed by atoms with van der Waals surface area (Å²) < 4.78 is 5.41. The van der Waals surface area contributed by atoms with Crippen LogP contribution in [0.3, 0.4) is 0 Å². The van der Waals surface area contributed by atoms with Crippen molar-refractivity contribution in [2.24, 2.45) is 0 Å². The molecule has 0 saturated carbocycles. The topological polar surface area (TPSA) is 63.8 Å². The predicted molar refractivity (Wildman–Crippen MR) is 116 cm³/mol. The van der Waals surface area contributed by atoms with E-state index in [0.717, 1.165) is 51.2 Å². The van der Waals surface area contributed by atoms with Gasteiger partial charge in [0.25, 0.3) is 5.91 Å². The zero-order valence-corrected chi connectivity index (χ0v) is 17.6. The smallest absolute Gasteiger partial charge is 0.336 e. The quantitative estimate of drug-likeness (QED) is 0.606. The minimum absolute atomic E-state index is 0.0259. The van der Waals surface area contributed by atoms with E-state index in [9.17, 15) is 9.59 Å². The van der Waals surface area contributed by atoms with Gasteiger partial charge in [-0.2, -0.15) is 0 Å².